The highest BCUT2D eigenvalue weighted by atomic mass is 79.9. The molecule has 17 heavy (non-hydrogen) atoms. The lowest BCUT2D eigenvalue weighted by molar-refractivity contribution is 0.412. The summed E-state index contributed by atoms with van der Waals surface area (Å²) in [7, 11) is 0.0490. The third kappa shape index (κ3) is 4.34. The van der Waals surface area contributed by atoms with Gasteiger partial charge in [-0.1, -0.05) is 0 Å². The van der Waals surface area contributed by atoms with Crippen LogP contribution in [-0.4, -0.2) is 40.5 Å². The van der Waals surface area contributed by atoms with E-state index >= 15 is 0 Å². The molecule has 0 saturated heterocycles. The first kappa shape index (κ1) is 14.6. The van der Waals surface area contributed by atoms with Crippen molar-refractivity contribution in [3.05, 3.63) is 28.5 Å². The molecule has 1 aromatic rings. The van der Waals surface area contributed by atoms with Gasteiger partial charge in [0.1, 0.15) is 5.82 Å². The molecule has 0 aliphatic rings. The molecule has 1 N–H and O–H groups in total. The Hall–Kier alpha value is -0.500. The molecular weight excluding hydrogens is 311 g/mol. The minimum atomic E-state index is -3.63. The normalized spacial score (nSPS) is 12.1. The third-order valence-electron chi connectivity index (χ3n) is 2.05. The SMILES string of the molecule is CN(C)CCNS(=O)(=O)c1ccc(Br)c(F)c1. The number of hydrogen-bond acceptors (Lipinski definition) is 3. The van der Waals surface area contributed by atoms with E-state index in [1.165, 1.54) is 12.1 Å². The van der Waals surface area contributed by atoms with Crippen molar-refractivity contribution in [2.24, 2.45) is 0 Å². The molecule has 96 valence electrons. The average molecular weight is 325 g/mol. The zero-order valence-electron chi connectivity index (χ0n) is 9.57. The van der Waals surface area contributed by atoms with Crippen molar-refractivity contribution in [1.29, 1.82) is 0 Å². The monoisotopic (exact) mass is 324 g/mol. The molecule has 0 heterocycles. The van der Waals surface area contributed by atoms with Gasteiger partial charge in [0.05, 0.1) is 9.37 Å². The lowest BCUT2D eigenvalue weighted by Crippen LogP contribution is -2.31. The highest BCUT2D eigenvalue weighted by molar-refractivity contribution is 9.10. The second kappa shape index (κ2) is 5.90. The number of hydrogen-bond donors (Lipinski definition) is 1. The van der Waals surface area contributed by atoms with Gasteiger partial charge in [-0.05, 0) is 48.2 Å². The van der Waals surface area contributed by atoms with E-state index in [1.54, 1.807) is 0 Å². The van der Waals surface area contributed by atoms with Crippen LogP contribution in [0.1, 0.15) is 0 Å². The first-order valence-electron chi connectivity index (χ1n) is 4.92. The number of rotatable bonds is 5. The molecule has 0 spiro atoms. The maximum Gasteiger partial charge on any atom is 0.240 e. The van der Waals surface area contributed by atoms with Crippen molar-refractivity contribution < 1.29 is 12.8 Å². The largest absolute Gasteiger partial charge is 0.308 e. The van der Waals surface area contributed by atoms with Gasteiger partial charge in [-0.15, -0.1) is 0 Å². The van der Waals surface area contributed by atoms with Gasteiger partial charge in [0.2, 0.25) is 10.0 Å². The van der Waals surface area contributed by atoms with E-state index in [0.717, 1.165) is 6.07 Å². The van der Waals surface area contributed by atoms with Crippen molar-refractivity contribution in [2.75, 3.05) is 27.2 Å². The smallest absolute Gasteiger partial charge is 0.240 e. The molecule has 0 bridgehead atoms. The van der Waals surface area contributed by atoms with Crippen molar-refractivity contribution in [3.63, 3.8) is 0 Å². The van der Waals surface area contributed by atoms with Crippen LogP contribution in [0.2, 0.25) is 0 Å². The molecule has 0 radical (unpaired) electrons. The van der Waals surface area contributed by atoms with E-state index in [2.05, 4.69) is 20.7 Å². The van der Waals surface area contributed by atoms with Crippen LogP contribution in [0, 0.1) is 5.82 Å². The summed E-state index contributed by atoms with van der Waals surface area (Å²) in [6.45, 7) is 0.866. The predicted molar refractivity (Wildman–Crippen MR) is 67.8 cm³/mol. The first-order chi connectivity index (χ1) is 7.83. The average Bonchev–Trinajstić information content (AvgIpc) is 2.21. The molecule has 0 aliphatic heterocycles. The van der Waals surface area contributed by atoms with Gasteiger partial charge in [-0.2, -0.15) is 0 Å². The summed E-state index contributed by atoms with van der Waals surface area (Å²) in [5, 5.41) is 0. The van der Waals surface area contributed by atoms with E-state index < -0.39 is 15.8 Å². The minimum Gasteiger partial charge on any atom is -0.308 e. The maximum absolute atomic E-state index is 13.2. The van der Waals surface area contributed by atoms with Crippen LogP contribution >= 0.6 is 15.9 Å². The minimum absolute atomic E-state index is 0.0723. The van der Waals surface area contributed by atoms with Crippen LogP contribution in [0.4, 0.5) is 4.39 Å². The fourth-order valence-electron chi connectivity index (χ4n) is 1.13. The summed E-state index contributed by atoms with van der Waals surface area (Å²) in [5.41, 5.74) is 0. The van der Waals surface area contributed by atoms with Crippen molar-refractivity contribution >= 4 is 26.0 Å². The Morgan fingerprint density at radius 3 is 2.59 bits per heavy atom. The Morgan fingerprint density at radius 2 is 2.06 bits per heavy atom. The van der Waals surface area contributed by atoms with Crippen LogP contribution < -0.4 is 4.72 Å². The number of likely N-dealkylation sites (N-methyl/N-ethyl adjacent to an activating group) is 1. The Bertz CT molecular complexity index is 491. The molecule has 0 unspecified atom stereocenters. The van der Waals surface area contributed by atoms with Gasteiger partial charge in [0.15, 0.2) is 0 Å². The van der Waals surface area contributed by atoms with Gasteiger partial charge in [0.25, 0.3) is 0 Å². The summed E-state index contributed by atoms with van der Waals surface area (Å²) >= 11 is 2.97. The van der Waals surface area contributed by atoms with Gasteiger partial charge in [-0.3, -0.25) is 0 Å². The van der Waals surface area contributed by atoms with Crippen LogP contribution in [0.3, 0.4) is 0 Å². The lowest BCUT2D eigenvalue weighted by atomic mass is 10.3. The summed E-state index contributed by atoms with van der Waals surface area (Å²) in [4.78, 5) is 1.78. The van der Waals surface area contributed by atoms with Gasteiger partial charge >= 0.3 is 0 Å². The quantitative estimate of drug-likeness (QED) is 0.891. The van der Waals surface area contributed by atoms with Gasteiger partial charge in [0, 0.05) is 13.1 Å². The lowest BCUT2D eigenvalue weighted by Gasteiger charge is -2.11. The second-order valence-corrected chi connectivity index (χ2v) is 6.40. The number of benzene rings is 1. The first-order valence-corrected chi connectivity index (χ1v) is 7.20. The van der Waals surface area contributed by atoms with E-state index in [4.69, 9.17) is 0 Å². The van der Waals surface area contributed by atoms with E-state index in [9.17, 15) is 12.8 Å². The third-order valence-corrected chi connectivity index (χ3v) is 4.15. The summed E-state index contributed by atoms with van der Waals surface area (Å²) < 4.78 is 39.4. The van der Waals surface area contributed by atoms with Crippen LogP contribution in [0.25, 0.3) is 0 Å². The number of nitrogens with one attached hydrogen (secondary N) is 1. The summed E-state index contributed by atoms with van der Waals surface area (Å²) in [6.07, 6.45) is 0. The molecule has 4 nitrogen and oxygen atoms in total. The molecular formula is C10H14BrFN2O2S. The molecule has 1 rings (SSSR count). The molecule has 7 heteroatoms. The molecule has 0 fully saturated rings. The zero-order valence-corrected chi connectivity index (χ0v) is 12.0. The van der Waals surface area contributed by atoms with Gasteiger partial charge < -0.3 is 4.90 Å². The van der Waals surface area contributed by atoms with E-state index in [1.807, 2.05) is 19.0 Å². The Balaban J connectivity index is 2.79. The zero-order chi connectivity index (χ0) is 13.1. The standard InChI is InChI=1S/C10H14BrFN2O2S/c1-14(2)6-5-13-17(15,16)8-3-4-9(11)10(12)7-8/h3-4,7,13H,5-6H2,1-2H3. The molecule has 0 saturated carbocycles. The van der Waals surface area contributed by atoms with E-state index in [0.29, 0.717) is 6.54 Å². The molecule has 0 amide bonds. The van der Waals surface area contributed by atoms with Crippen molar-refractivity contribution in [1.82, 2.24) is 9.62 Å². The van der Waals surface area contributed by atoms with Gasteiger partial charge in [-0.25, -0.2) is 17.5 Å². The fraction of sp³-hybridized carbons (Fsp3) is 0.400. The van der Waals surface area contributed by atoms with Crippen molar-refractivity contribution in [3.8, 4) is 0 Å². The Labute approximate surface area is 109 Å². The molecule has 0 atom stereocenters. The molecule has 0 aliphatic carbocycles. The number of nitrogens with zero attached hydrogens (tertiary/aromatic N) is 1. The topological polar surface area (TPSA) is 49.4 Å². The van der Waals surface area contributed by atoms with Crippen LogP contribution in [0.15, 0.2) is 27.6 Å². The predicted octanol–water partition coefficient (Wildman–Crippen LogP) is 1.43. The molecule has 1 aromatic carbocycles. The summed E-state index contributed by atoms with van der Waals surface area (Å²) in [5.74, 6) is -0.597. The number of sulfonamides is 1. The Morgan fingerprint density at radius 1 is 1.41 bits per heavy atom. The summed E-state index contributed by atoms with van der Waals surface area (Å²) in [6, 6.07) is 3.71. The second-order valence-electron chi connectivity index (χ2n) is 3.78. The van der Waals surface area contributed by atoms with E-state index in [-0.39, 0.29) is 15.9 Å². The highest BCUT2D eigenvalue weighted by Crippen LogP contribution is 2.19. The van der Waals surface area contributed by atoms with Crippen LogP contribution in [0.5, 0.6) is 0 Å². The van der Waals surface area contributed by atoms with Crippen molar-refractivity contribution in [2.45, 2.75) is 4.90 Å². The Kier molecular flexibility index (Phi) is 5.05. The molecule has 0 aromatic heterocycles. The fourth-order valence-corrected chi connectivity index (χ4v) is 2.41. The number of halogens is 2. The maximum atomic E-state index is 13.2. The van der Waals surface area contributed by atoms with Crippen LogP contribution in [-0.2, 0) is 10.0 Å². The highest BCUT2D eigenvalue weighted by Gasteiger charge is 2.15.